The van der Waals surface area contributed by atoms with Gasteiger partial charge in [-0.1, -0.05) is 35.9 Å². The summed E-state index contributed by atoms with van der Waals surface area (Å²) < 4.78 is 8.38. The third-order valence-electron chi connectivity index (χ3n) is 7.92. The average molecular weight is 582 g/mol. The van der Waals surface area contributed by atoms with Gasteiger partial charge < -0.3 is 20.7 Å². The Balaban J connectivity index is 1.20. The summed E-state index contributed by atoms with van der Waals surface area (Å²) in [5.41, 5.74) is 10.9. The molecule has 0 saturated heterocycles. The molecule has 14 nitrogen and oxygen atoms in total. The van der Waals surface area contributed by atoms with Crippen molar-refractivity contribution < 1.29 is 14.3 Å². The van der Waals surface area contributed by atoms with Crippen molar-refractivity contribution >= 4 is 28.8 Å². The molecule has 1 saturated carbocycles. The van der Waals surface area contributed by atoms with E-state index in [1.165, 1.54) is 12.7 Å². The number of hydrogen-bond acceptors (Lipinski definition) is 10. The van der Waals surface area contributed by atoms with Gasteiger partial charge in [-0.05, 0) is 54.3 Å². The number of rotatable bonds is 7. The lowest BCUT2D eigenvalue weighted by atomic mass is 10.1. The highest BCUT2D eigenvalue weighted by Gasteiger charge is 2.34. The summed E-state index contributed by atoms with van der Waals surface area (Å²) in [4.78, 5) is 36.0. The van der Waals surface area contributed by atoms with Gasteiger partial charge in [0.05, 0.1) is 24.1 Å². The van der Waals surface area contributed by atoms with Gasteiger partial charge in [-0.25, -0.2) is 19.4 Å². The SMILES string of the molecule is COc1ccc(C)cc1C(=O)NCc1ccc(-c2nn(C3CCC(N(C)C(=O)n4cnnn4)C3)c3ncnc(N)c23)cc1. The Morgan fingerprint density at radius 2 is 1.95 bits per heavy atom. The van der Waals surface area contributed by atoms with Crippen LogP contribution in [-0.2, 0) is 6.54 Å². The molecule has 2 atom stereocenters. The third kappa shape index (κ3) is 5.34. The number of nitrogens with two attached hydrogens (primary N) is 1. The molecule has 0 aliphatic heterocycles. The zero-order valence-electron chi connectivity index (χ0n) is 24.0. The predicted molar refractivity (Wildman–Crippen MR) is 157 cm³/mol. The van der Waals surface area contributed by atoms with Crippen LogP contribution in [0.1, 0.15) is 46.8 Å². The Labute approximate surface area is 246 Å². The molecule has 2 aromatic carbocycles. The van der Waals surface area contributed by atoms with Crippen LogP contribution < -0.4 is 15.8 Å². The van der Waals surface area contributed by atoms with Crippen LogP contribution in [-0.4, -0.2) is 77.0 Å². The van der Waals surface area contributed by atoms with Crippen LogP contribution in [0.15, 0.2) is 55.1 Å². The zero-order valence-corrected chi connectivity index (χ0v) is 24.0. The first kappa shape index (κ1) is 27.8. The largest absolute Gasteiger partial charge is 0.496 e. The van der Waals surface area contributed by atoms with Gasteiger partial charge in [-0.15, -0.1) is 9.78 Å². The van der Waals surface area contributed by atoms with Gasteiger partial charge in [0.25, 0.3) is 5.91 Å². The number of aromatic nitrogens is 8. The zero-order chi connectivity index (χ0) is 30.1. The van der Waals surface area contributed by atoms with Crippen LogP contribution >= 0.6 is 0 Å². The number of aryl methyl sites for hydroxylation is 1. The monoisotopic (exact) mass is 581 g/mol. The molecule has 2 amide bonds. The molecule has 3 N–H and O–H groups in total. The highest BCUT2D eigenvalue weighted by atomic mass is 16.5. The Hall–Kier alpha value is -5.40. The Morgan fingerprint density at radius 1 is 1.14 bits per heavy atom. The molecule has 3 heterocycles. The molecule has 2 unspecified atom stereocenters. The minimum Gasteiger partial charge on any atom is -0.496 e. The minimum absolute atomic E-state index is 0.00720. The van der Waals surface area contributed by atoms with E-state index in [0.717, 1.165) is 34.2 Å². The van der Waals surface area contributed by atoms with Crippen LogP contribution in [0, 0.1) is 6.92 Å². The maximum Gasteiger partial charge on any atom is 0.347 e. The second-order valence-electron chi connectivity index (χ2n) is 10.6. The van der Waals surface area contributed by atoms with Gasteiger partial charge in [-0.3, -0.25) is 4.79 Å². The maximum absolute atomic E-state index is 12.8. The number of nitrogens with zero attached hydrogens (tertiary/aromatic N) is 9. The number of fused-ring (bicyclic) bond motifs is 1. The van der Waals surface area contributed by atoms with E-state index in [-0.39, 0.29) is 24.0 Å². The fourth-order valence-electron chi connectivity index (χ4n) is 5.58. The van der Waals surface area contributed by atoms with E-state index in [9.17, 15) is 9.59 Å². The summed E-state index contributed by atoms with van der Waals surface area (Å²) in [6.07, 6.45) is 5.02. The highest BCUT2D eigenvalue weighted by molar-refractivity contribution is 5.98. The van der Waals surface area contributed by atoms with Crippen LogP contribution in [0.3, 0.4) is 0 Å². The molecule has 1 fully saturated rings. The lowest BCUT2D eigenvalue weighted by molar-refractivity contribution is 0.0947. The molecule has 43 heavy (non-hydrogen) atoms. The molecule has 5 aromatic rings. The number of tetrazole rings is 1. The van der Waals surface area contributed by atoms with Crippen molar-refractivity contribution in [3.8, 4) is 17.0 Å². The van der Waals surface area contributed by atoms with E-state index in [2.05, 4.69) is 30.8 Å². The standard InChI is InChI=1S/C29H31N11O3/c1-17-4-11-23(43-3)22(12-17)28(41)31-14-18-5-7-19(8-6-18)25-24-26(30)32-15-33-27(24)40(35-25)21-10-9-20(13-21)38(2)29(42)39-16-34-36-37-39/h4-8,11-12,15-16,20-21H,9-10,13-14H2,1-3H3,(H,31,41)(H2,30,32,33). The van der Waals surface area contributed by atoms with E-state index >= 15 is 0 Å². The molecular weight excluding hydrogens is 550 g/mol. The van der Waals surface area contributed by atoms with Gasteiger partial charge in [0.1, 0.15) is 29.9 Å². The first-order chi connectivity index (χ1) is 20.8. The smallest absolute Gasteiger partial charge is 0.347 e. The van der Waals surface area contributed by atoms with Crippen molar-refractivity contribution in [3.63, 3.8) is 0 Å². The number of anilines is 1. The normalized spacial score (nSPS) is 16.3. The van der Waals surface area contributed by atoms with Gasteiger partial charge in [0.15, 0.2) is 5.65 Å². The Bertz CT molecular complexity index is 1780. The fraction of sp³-hybridized carbons (Fsp3) is 0.310. The number of carbonyl (C=O) groups is 2. The first-order valence-corrected chi connectivity index (χ1v) is 13.8. The van der Waals surface area contributed by atoms with E-state index in [0.29, 0.717) is 46.8 Å². The van der Waals surface area contributed by atoms with Gasteiger partial charge >= 0.3 is 6.03 Å². The molecule has 0 spiro atoms. The molecule has 0 bridgehead atoms. The van der Waals surface area contributed by atoms with Crippen LogP contribution in [0.2, 0.25) is 0 Å². The number of nitrogen functional groups attached to an aromatic ring is 1. The van der Waals surface area contributed by atoms with Crippen LogP contribution in [0.5, 0.6) is 5.75 Å². The second-order valence-corrected chi connectivity index (χ2v) is 10.6. The van der Waals surface area contributed by atoms with Crippen LogP contribution in [0.4, 0.5) is 10.6 Å². The van der Waals surface area contributed by atoms with Crippen molar-refractivity contribution in [1.29, 1.82) is 0 Å². The summed E-state index contributed by atoms with van der Waals surface area (Å²) >= 11 is 0. The summed E-state index contributed by atoms with van der Waals surface area (Å²) in [5.74, 6) is 0.662. The maximum atomic E-state index is 12.8. The number of nitrogens with one attached hydrogen (secondary N) is 1. The van der Waals surface area contributed by atoms with Gasteiger partial charge in [0.2, 0.25) is 0 Å². The molecule has 0 radical (unpaired) electrons. The van der Waals surface area contributed by atoms with Crippen LogP contribution in [0.25, 0.3) is 22.3 Å². The van der Waals surface area contributed by atoms with E-state index in [1.807, 2.05) is 48.0 Å². The van der Waals surface area contributed by atoms with Gasteiger partial charge in [0, 0.05) is 25.2 Å². The molecule has 3 aromatic heterocycles. The van der Waals surface area contributed by atoms with Crippen molar-refractivity contribution in [2.24, 2.45) is 0 Å². The summed E-state index contributed by atoms with van der Waals surface area (Å²) in [7, 11) is 3.30. The molecule has 1 aliphatic carbocycles. The molecule has 6 rings (SSSR count). The van der Waals surface area contributed by atoms with E-state index in [4.69, 9.17) is 15.6 Å². The number of amides is 2. The Kier molecular flexibility index (Phi) is 7.40. The van der Waals surface area contributed by atoms with Crippen molar-refractivity contribution in [3.05, 3.63) is 71.8 Å². The summed E-state index contributed by atoms with van der Waals surface area (Å²) in [6, 6.07) is 13.0. The van der Waals surface area contributed by atoms with Crippen molar-refractivity contribution in [1.82, 2.24) is 50.2 Å². The van der Waals surface area contributed by atoms with Crippen molar-refractivity contribution in [2.45, 2.75) is 44.8 Å². The summed E-state index contributed by atoms with van der Waals surface area (Å²) in [5, 5.41) is 19.4. The fourth-order valence-corrected chi connectivity index (χ4v) is 5.58. The second kappa shape index (κ2) is 11.5. The summed E-state index contributed by atoms with van der Waals surface area (Å²) in [6.45, 7) is 2.28. The van der Waals surface area contributed by atoms with Gasteiger partial charge in [-0.2, -0.15) is 5.10 Å². The Morgan fingerprint density at radius 3 is 2.70 bits per heavy atom. The first-order valence-electron chi connectivity index (χ1n) is 13.8. The minimum atomic E-state index is -0.289. The number of ether oxygens (including phenoxy) is 1. The number of methoxy groups -OCH3 is 1. The molecular formula is C29H31N11O3. The van der Waals surface area contributed by atoms with E-state index < -0.39 is 0 Å². The molecule has 220 valence electrons. The lowest BCUT2D eigenvalue weighted by Crippen LogP contribution is -2.38. The third-order valence-corrected chi connectivity index (χ3v) is 7.92. The molecule has 1 aliphatic rings. The molecule has 14 heteroatoms. The average Bonchev–Trinajstić information content (AvgIpc) is 3.80. The quantitative estimate of drug-likeness (QED) is 0.272. The number of benzene rings is 2. The number of hydrogen-bond donors (Lipinski definition) is 2. The van der Waals surface area contributed by atoms with Crippen molar-refractivity contribution in [2.75, 3.05) is 19.9 Å². The lowest BCUT2D eigenvalue weighted by Gasteiger charge is -2.23. The highest BCUT2D eigenvalue weighted by Crippen LogP contribution is 2.38. The topological polar surface area (TPSA) is 172 Å². The van der Waals surface area contributed by atoms with E-state index in [1.54, 1.807) is 25.1 Å². The number of carbonyl (C=O) groups excluding carboxylic acids is 2. The predicted octanol–water partition coefficient (Wildman–Crippen LogP) is 3.00.